The van der Waals surface area contributed by atoms with Crippen molar-refractivity contribution < 1.29 is 14.7 Å². The van der Waals surface area contributed by atoms with Gasteiger partial charge >= 0.3 is 5.97 Å². The molecule has 0 saturated carbocycles. The molecule has 5 aromatic rings. The first kappa shape index (κ1) is 23.1. The number of benzene rings is 4. The molecule has 4 aromatic carbocycles. The van der Waals surface area contributed by atoms with E-state index < -0.39 is 5.97 Å². The molecule has 1 aromatic heterocycles. The number of fused-ring (bicyclic) bond motifs is 1. The number of carboxylic acid groups (broad SMARTS) is 1. The molecular formula is C31H26N2O3. The molecule has 0 bridgehead atoms. The Hall–Kier alpha value is -4.64. The quantitative estimate of drug-likeness (QED) is 0.300. The van der Waals surface area contributed by atoms with E-state index in [0.29, 0.717) is 5.56 Å². The highest BCUT2D eigenvalue weighted by molar-refractivity contribution is 5.96. The number of hydrogen-bond donors (Lipinski definition) is 1. The standard InChI is InChI=1S/C31H26N2O3/c1-22-7-16-29-27(19-22)17-18-33(29)28-14-12-25(13-15-28)24-8-10-26(11-9-24)31(36)32(21-30(34)35)20-23-5-3-2-4-6-23/h2-19H,20-21H2,1H3,(H,34,35). The molecule has 0 fully saturated rings. The van der Waals surface area contributed by atoms with Crippen LogP contribution in [0.3, 0.4) is 0 Å². The van der Waals surface area contributed by atoms with Crippen molar-refractivity contribution in [2.75, 3.05) is 6.54 Å². The lowest BCUT2D eigenvalue weighted by atomic mass is 10.0. The van der Waals surface area contributed by atoms with E-state index in [4.69, 9.17) is 0 Å². The molecule has 0 radical (unpaired) electrons. The number of carbonyl (C=O) groups excluding carboxylic acids is 1. The maximum atomic E-state index is 13.1. The first-order valence-electron chi connectivity index (χ1n) is 11.8. The van der Waals surface area contributed by atoms with E-state index in [2.05, 4.69) is 66.2 Å². The SMILES string of the molecule is Cc1ccc2c(ccn2-c2ccc(-c3ccc(C(=O)N(CC(=O)O)Cc4ccccc4)cc3)cc2)c1. The number of rotatable bonds is 7. The van der Waals surface area contributed by atoms with Crippen LogP contribution in [-0.2, 0) is 11.3 Å². The molecule has 0 atom stereocenters. The smallest absolute Gasteiger partial charge is 0.323 e. The molecule has 0 aliphatic rings. The van der Waals surface area contributed by atoms with Crippen molar-refractivity contribution >= 4 is 22.8 Å². The molecule has 0 saturated heterocycles. The van der Waals surface area contributed by atoms with Crippen LogP contribution < -0.4 is 0 Å². The van der Waals surface area contributed by atoms with E-state index in [-0.39, 0.29) is 19.0 Å². The maximum absolute atomic E-state index is 13.1. The van der Waals surface area contributed by atoms with Gasteiger partial charge in [0, 0.05) is 29.4 Å². The monoisotopic (exact) mass is 474 g/mol. The highest BCUT2D eigenvalue weighted by Crippen LogP contribution is 2.25. The Bertz CT molecular complexity index is 1520. The Labute approximate surface area is 209 Å². The maximum Gasteiger partial charge on any atom is 0.323 e. The van der Waals surface area contributed by atoms with Crippen molar-refractivity contribution in [3.63, 3.8) is 0 Å². The summed E-state index contributed by atoms with van der Waals surface area (Å²) < 4.78 is 2.17. The Balaban J connectivity index is 1.34. The summed E-state index contributed by atoms with van der Waals surface area (Å²) in [6.45, 7) is 1.98. The summed E-state index contributed by atoms with van der Waals surface area (Å²) in [6, 6.07) is 33.6. The number of aryl methyl sites for hydroxylation is 1. The Morgan fingerprint density at radius 1 is 0.806 bits per heavy atom. The summed E-state index contributed by atoms with van der Waals surface area (Å²) in [4.78, 5) is 25.8. The summed E-state index contributed by atoms with van der Waals surface area (Å²) in [6.07, 6.45) is 2.08. The van der Waals surface area contributed by atoms with Crippen LogP contribution in [-0.4, -0.2) is 33.0 Å². The van der Waals surface area contributed by atoms with Crippen molar-refractivity contribution in [1.29, 1.82) is 0 Å². The van der Waals surface area contributed by atoms with E-state index >= 15 is 0 Å². The van der Waals surface area contributed by atoms with Crippen molar-refractivity contribution in [3.8, 4) is 16.8 Å². The number of carboxylic acids is 1. The van der Waals surface area contributed by atoms with Gasteiger partial charge in [-0.05, 0) is 66.1 Å². The number of aromatic nitrogens is 1. The summed E-state index contributed by atoms with van der Waals surface area (Å²) in [5.41, 5.74) is 6.85. The van der Waals surface area contributed by atoms with Crippen LogP contribution in [0, 0.1) is 6.92 Å². The van der Waals surface area contributed by atoms with Crippen LogP contribution in [0.1, 0.15) is 21.5 Å². The number of carbonyl (C=O) groups is 2. The molecule has 178 valence electrons. The first-order valence-corrected chi connectivity index (χ1v) is 11.8. The van der Waals surface area contributed by atoms with Crippen LogP contribution in [0.15, 0.2) is 109 Å². The Morgan fingerprint density at radius 3 is 2.14 bits per heavy atom. The van der Waals surface area contributed by atoms with Crippen LogP contribution >= 0.6 is 0 Å². The summed E-state index contributed by atoms with van der Waals surface area (Å²) in [5, 5.41) is 10.5. The predicted molar refractivity (Wildman–Crippen MR) is 142 cm³/mol. The second-order valence-electron chi connectivity index (χ2n) is 8.91. The van der Waals surface area contributed by atoms with Gasteiger partial charge in [-0.3, -0.25) is 9.59 Å². The van der Waals surface area contributed by atoms with Crippen LogP contribution in [0.25, 0.3) is 27.7 Å². The van der Waals surface area contributed by atoms with Crippen molar-refractivity contribution in [1.82, 2.24) is 9.47 Å². The van der Waals surface area contributed by atoms with Gasteiger partial charge in [0.25, 0.3) is 5.91 Å². The van der Waals surface area contributed by atoms with Crippen LogP contribution in [0.2, 0.25) is 0 Å². The fourth-order valence-electron chi connectivity index (χ4n) is 4.46. The molecule has 36 heavy (non-hydrogen) atoms. The molecule has 1 heterocycles. The molecule has 0 aliphatic carbocycles. The lowest BCUT2D eigenvalue weighted by molar-refractivity contribution is -0.137. The topological polar surface area (TPSA) is 62.5 Å². The van der Waals surface area contributed by atoms with Gasteiger partial charge in [0.15, 0.2) is 0 Å². The van der Waals surface area contributed by atoms with Crippen LogP contribution in [0.4, 0.5) is 0 Å². The fourth-order valence-corrected chi connectivity index (χ4v) is 4.46. The predicted octanol–water partition coefficient (Wildman–Crippen LogP) is 6.33. The minimum absolute atomic E-state index is 0.239. The van der Waals surface area contributed by atoms with Crippen molar-refractivity contribution in [2.45, 2.75) is 13.5 Å². The second-order valence-corrected chi connectivity index (χ2v) is 8.91. The van der Waals surface area contributed by atoms with E-state index in [1.807, 2.05) is 42.5 Å². The Kier molecular flexibility index (Phi) is 6.37. The largest absolute Gasteiger partial charge is 0.480 e. The third kappa shape index (κ3) is 4.91. The molecular weight excluding hydrogens is 448 g/mol. The highest BCUT2D eigenvalue weighted by Gasteiger charge is 2.19. The summed E-state index contributed by atoms with van der Waals surface area (Å²) in [7, 11) is 0. The van der Waals surface area contributed by atoms with Gasteiger partial charge in [-0.2, -0.15) is 0 Å². The normalized spacial score (nSPS) is 10.9. The molecule has 5 rings (SSSR count). The summed E-state index contributed by atoms with van der Waals surface area (Å²) >= 11 is 0. The average molecular weight is 475 g/mol. The zero-order chi connectivity index (χ0) is 25.1. The number of nitrogens with zero attached hydrogens (tertiary/aromatic N) is 2. The van der Waals surface area contributed by atoms with E-state index in [1.165, 1.54) is 15.8 Å². The second kappa shape index (κ2) is 9.92. The number of hydrogen-bond acceptors (Lipinski definition) is 2. The molecule has 1 N–H and O–H groups in total. The van der Waals surface area contributed by atoms with Gasteiger partial charge in [-0.15, -0.1) is 0 Å². The van der Waals surface area contributed by atoms with E-state index in [1.54, 1.807) is 12.1 Å². The third-order valence-electron chi connectivity index (χ3n) is 6.29. The molecule has 0 spiro atoms. The van der Waals surface area contributed by atoms with E-state index in [9.17, 15) is 14.7 Å². The van der Waals surface area contributed by atoms with Gasteiger partial charge in [0.05, 0.1) is 5.52 Å². The van der Waals surface area contributed by atoms with Crippen LogP contribution in [0.5, 0.6) is 0 Å². The Morgan fingerprint density at radius 2 is 1.47 bits per heavy atom. The molecule has 5 heteroatoms. The lowest BCUT2D eigenvalue weighted by Gasteiger charge is -2.21. The summed E-state index contributed by atoms with van der Waals surface area (Å²) in [5.74, 6) is -1.35. The van der Waals surface area contributed by atoms with Crippen molar-refractivity contribution in [2.24, 2.45) is 0 Å². The zero-order valence-corrected chi connectivity index (χ0v) is 20.0. The van der Waals surface area contributed by atoms with Gasteiger partial charge in [0.1, 0.15) is 6.54 Å². The van der Waals surface area contributed by atoms with Gasteiger partial charge in [0.2, 0.25) is 0 Å². The van der Waals surface area contributed by atoms with Gasteiger partial charge < -0.3 is 14.6 Å². The average Bonchev–Trinajstić information content (AvgIpc) is 3.31. The lowest BCUT2D eigenvalue weighted by Crippen LogP contribution is -2.35. The number of aliphatic carboxylic acids is 1. The zero-order valence-electron chi connectivity index (χ0n) is 20.0. The fraction of sp³-hybridized carbons (Fsp3) is 0.0968. The third-order valence-corrected chi connectivity index (χ3v) is 6.29. The highest BCUT2D eigenvalue weighted by atomic mass is 16.4. The minimum atomic E-state index is -1.04. The van der Waals surface area contributed by atoms with E-state index in [0.717, 1.165) is 27.9 Å². The van der Waals surface area contributed by atoms with Gasteiger partial charge in [-0.25, -0.2) is 0 Å². The first-order chi connectivity index (χ1) is 17.5. The molecule has 0 unspecified atom stereocenters. The number of amides is 1. The minimum Gasteiger partial charge on any atom is -0.480 e. The molecule has 5 nitrogen and oxygen atoms in total. The molecule has 1 amide bonds. The van der Waals surface area contributed by atoms with Crippen molar-refractivity contribution in [3.05, 3.63) is 126 Å². The van der Waals surface area contributed by atoms with Gasteiger partial charge in [-0.1, -0.05) is 66.2 Å². The molecule has 0 aliphatic heterocycles.